The molecule has 0 aromatic heterocycles. The molecular formula is C84H78B2N2. The highest BCUT2D eigenvalue weighted by Gasteiger charge is 2.47. The molecule has 0 saturated heterocycles. The SMILES string of the molecule is Cc1cccc(C)c1-c1cc2c3c(cc4c(-c5c(C)cccc5C)cc5c6c(cc1c3c46)B1c3ccc(C(C)(C)C)cc3N(c3ccccc3)c3cc(C(C)(C)C)cc-5c31)B1c3ccc(C(C)(C)C)cc3N(c3ccccc3)c3cc(C(C)(C)C)cc-2c31. The molecule has 0 unspecified atom stereocenters. The number of rotatable bonds is 4. The Hall–Kier alpha value is -8.59. The molecule has 4 aliphatic rings. The van der Waals surface area contributed by atoms with Crippen molar-refractivity contribution in [3.05, 3.63) is 226 Å². The predicted molar refractivity (Wildman–Crippen MR) is 384 cm³/mol. The molecule has 16 rings (SSSR count). The van der Waals surface area contributed by atoms with Gasteiger partial charge in [-0.3, -0.25) is 0 Å². The molecule has 0 N–H and O–H groups in total. The summed E-state index contributed by atoms with van der Waals surface area (Å²) in [6.07, 6.45) is 0. The summed E-state index contributed by atoms with van der Waals surface area (Å²) < 4.78 is 0. The number of benzene rings is 12. The molecular weight excluding hydrogens is 1060 g/mol. The second-order valence-electron chi connectivity index (χ2n) is 30.7. The molecule has 0 atom stereocenters. The largest absolute Gasteiger partial charge is 0.311 e. The lowest BCUT2D eigenvalue weighted by molar-refractivity contribution is 0.590. The molecule has 0 radical (unpaired) electrons. The predicted octanol–water partition coefficient (Wildman–Crippen LogP) is 18.9. The molecule has 2 nitrogen and oxygen atoms in total. The van der Waals surface area contributed by atoms with Gasteiger partial charge in [0.25, 0.3) is 0 Å². The Morgan fingerprint density at radius 3 is 0.955 bits per heavy atom. The van der Waals surface area contributed by atoms with Gasteiger partial charge in [-0.05, 0) is 253 Å². The van der Waals surface area contributed by atoms with E-state index in [1.54, 1.807) is 0 Å². The molecule has 0 spiro atoms. The van der Waals surface area contributed by atoms with Gasteiger partial charge in [0.05, 0.1) is 0 Å². The molecule has 0 bridgehead atoms. The van der Waals surface area contributed by atoms with Crippen LogP contribution in [-0.4, -0.2) is 13.4 Å². The first-order valence-corrected chi connectivity index (χ1v) is 32.2. The fourth-order valence-corrected chi connectivity index (χ4v) is 16.4. The normalized spacial score (nSPS) is 14.0. The number of para-hydroxylation sites is 2. The smallest absolute Gasteiger partial charge is 0.248 e. The van der Waals surface area contributed by atoms with Gasteiger partial charge in [0.1, 0.15) is 0 Å². The molecule has 430 valence electrons. The van der Waals surface area contributed by atoms with Crippen molar-refractivity contribution < 1.29 is 0 Å². The van der Waals surface area contributed by atoms with Crippen molar-refractivity contribution in [3.63, 3.8) is 0 Å². The van der Waals surface area contributed by atoms with E-state index in [1.165, 1.54) is 188 Å². The van der Waals surface area contributed by atoms with E-state index >= 15 is 0 Å². The highest BCUT2D eigenvalue weighted by Crippen LogP contribution is 2.54. The van der Waals surface area contributed by atoms with Crippen molar-refractivity contribution in [1.29, 1.82) is 0 Å². The van der Waals surface area contributed by atoms with Crippen LogP contribution in [0.1, 0.15) is 128 Å². The molecule has 0 fully saturated rings. The van der Waals surface area contributed by atoms with Crippen LogP contribution < -0.4 is 42.6 Å². The quantitative estimate of drug-likeness (QED) is 0.128. The van der Waals surface area contributed by atoms with E-state index in [4.69, 9.17) is 0 Å². The van der Waals surface area contributed by atoms with Gasteiger partial charge in [-0.15, -0.1) is 0 Å². The maximum atomic E-state index is 2.73. The van der Waals surface area contributed by atoms with Gasteiger partial charge in [0.2, 0.25) is 13.4 Å². The number of hydrogen-bond donors (Lipinski definition) is 0. The Morgan fingerprint density at radius 1 is 0.273 bits per heavy atom. The number of anilines is 6. The summed E-state index contributed by atoms with van der Waals surface area (Å²) in [5.41, 5.74) is 36.5. The first-order chi connectivity index (χ1) is 41.9. The molecule has 4 heteroatoms. The second kappa shape index (κ2) is 18.5. The number of nitrogens with zero attached hydrogens (tertiary/aromatic N) is 2. The van der Waals surface area contributed by atoms with Crippen LogP contribution in [0.15, 0.2) is 182 Å². The van der Waals surface area contributed by atoms with Gasteiger partial charge in [-0.2, -0.15) is 0 Å². The van der Waals surface area contributed by atoms with Gasteiger partial charge in [-0.25, -0.2) is 0 Å². The fourth-order valence-electron chi connectivity index (χ4n) is 16.4. The van der Waals surface area contributed by atoms with E-state index in [9.17, 15) is 0 Å². The Bertz CT molecular complexity index is 4640. The van der Waals surface area contributed by atoms with Crippen LogP contribution in [-0.2, 0) is 21.7 Å². The molecule has 12 aromatic carbocycles. The van der Waals surface area contributed by atoms with Crippen molar-refractivity contribution in [2.45, 2.75) is 132 Å². The number of aryl methyl sites for hydroxylation is 4. The van der Waals surface area contributed by atoms with Crippen LogP contribution in [0.2, 0.25) is 0 Å². The Labute approximate surface area is 522 Å². The highest BCUT2D eigenvalue weighted by atomic mass is 15.2. The van der Waals surface area contributed by atoms with E-state index in [-0.39, 0.29) is 35.1 Å². The number of fused-ring (bicyclic) bond motifs is 8. The average Bonchev–Trinajstić information content (AvgIpc) is 0.673. The summed E-state index contributed by atoms with van der Waals surface area (Å²) >= 11 is 0. The summed E-state index contributed by atoms with van der Waals surface area (Å²) in [6, 6.07) is 72.5. The topological polar surface area (TPSA) is 6.48 Å². The standard InChI is InChI=1S/C84H78B2N2/c1-47-25-23-26-48(2)73(47)57-43-59-63-37-53(83(11,12)13)41-71-79(63)86(66-36-34-52(82(8,9)10)40-70(66)87(71)55-29-19-17-20-30-55)68-46-62-58(74-49(3)27-24-28-50(74)4)44-60-64-38-54(84(14,15)16)42-72-80(64)85(67-45-61(57)77(75(59)68)78(62)76(60)67)65-35-33-51(81(5,6)7)39-69(65)88(72)56-31-21-18-22-32-56/h17-46H,1-16H3. The molecule has 4 aliphatic heterocycles. The van der Waals surface area contributed by atoms with E-state index in [1.807, 2.05) is 0 Å². The Kier molecular flexibility index (Phi) is 11.5. The van der Waals surface area contributed by atoms with Crippen molar-refractivity contribution >= 4 is 113 Å². The third-order valence-corrected chi connectivity index (χ3v) is 20.9. The minimum absolute atomic E-state index is 0.0464. The molecule has 12 aromatic rings. The van der Waals surface area contributed by atoms with Crippen LogP contribution in [0.5, 0.6) is 0 Å². The van der Waals surface area contributed by atoms with E-state index in [0.717, 1.165) is 0 Å². The summed E-state index contributed by atoms with van der Waals surface area (Å²) in [7, 11) is 0. The molecule has 0 aliphatic carbocycles. The second-order valence-corrected chi connectivity index (χ2v) is 30.7. The van der Waals surface area contributed by atoms with Gasteiger partial charge in [0.15, 0.2) is 0 Å². The van der Waals surface area contributed by atoms with Crippen molar-refractivity contribution in [3.8, 4) is 44.5 Å². The third-order valence-electron chi connectivity index (χ3n) is 20.9. The molecule has 0 amide bonds. The zero-order valence-electron chi connectivity index (χ0n) is 54.4. The Balaban J connectivity index is 1.16. The van der Waals surface area contributed by atoms with Crippen molar-refractivity contribution in [1.82, 2.24) is 0 Å². The third kappa shape index (κ3) is 7.76. The van der Waals surface area contributed by atoms with E-state index in [2.05, 4.69) is 303 Å². The van der Waals surface area contributed by atoms with Crippen LogP contribution in [0.25, 0.3) is 76.8 Å². The zero-order chi connectivity index (χ0) is 61.2. The van der Waals surface area contributed by atoms with Crippen LogP contribution >= 0.6 is 0 Å². The maximum Gasteiger partial charge on any atom is 0.248 e. The average molecular weight is 1140 g/mol. The van der Waals surface area contributed by atoms with E-state index in [0.29, 0.717) is 0 Å². The van der Waals surface area contributed by atoms with Crippen molar-refractivity contribution in [2.75, 3.05) is 9.80 Å². The lowest BCUT2D eigenvalue weighted by Gasteiger charge is -2.44. The van der Waals surface area contributed by atoms with Crippen LogP contribution in [0.3, 0.4) is 0 Å². The minimum Gasteiger partial charge on any atom is -0.311 e. The zero-order valence-corrected chi connectivity index (χ0v) is 54.4. The van der Waals surface area contributed by atoms with Crippen LogP contribution in [0.4, 0.5) is 34.1 Å². The Morgan fingerprint density at radius 2 is 0.614 bits per heavy atom. The van der Waals surface area contributed by atoms with Crippen molar-refractivity contribution in [2.24, 2.45) is 0 Å². The monoisotopic (exact) mass is 1140 g/mol. The molecule has 0 saturated carbocycles. The van der Waals surface area contributed by atoms with Gasteiger partial charge in [-0.1, -0.05) is 215 Å². The van der Waals surface area contributed by atoms with Gasteiger partial charge >= 0.3 is 0 Å². The maximum absolute atomic E-state index is 2.73. The summed E-state index contributed by atoms with van der Waals surface area (Å²) in [4.78, 5) is 5.25. The van der Waals surface area contributed by atoms with Gasteiger partial charge < -0.3 is 9.80 Å². The lowest BCUT2D eigenvalue weighted by atomic mass is 9.31. The first-order valence-electron chi connectivity index (χ1n) is 32.2. The van der Waals surface area contributed by atoms with E-state index < -0.39 is 0 Å². The first kappa shape index (κ1) is 54.8. The minimum atomic E-state index is -0.143. The van der Waals surface area contributed by atoms with Crippen LogP contribution in [0, 0.1) is 27.7 Å². The van der Waals surface area contributed by atoms with Gasteiger partial charge in [0, 0.05) is 34.1 Å². The summed E-state index contributed by atoms with van der Waals surface area (Å²) in [5, 5.41) is 8.25. The fraction of sp³-hybridized carbons (Fsp3) is 0.238. The lowest BCUT2D eigenvalue weighted by Crippen LogP contribution is -2.60. The summed E-state index contributed by atoms with van der Waals surface area (Å²) in [6.45, 7) is 37.9. The molecule has 88 heavy (non-hydrogen) atoms. The summed E-state index contributed by atoms with van der Waals surface area (Å²) in [5.74, 6) is 0. The molecule has 4 heterocycles. The highest BCUT2D eigenvalue weighted by molar-refractivity contribution is 7.02. The number of hydrogen-bond acceptors (Lipinski definition) is 2.